The van der Waals surface area contributed by atoms with E-state index in [4.69, 9.17) is 9.94 Å². The van der Waals surface area contributed by atoms with E-state index in [0.717, 1.165) is 28.7 Å². The molecule has 2 aromatic rings. The third kappa shape index (κ3) is 4.42. The number of sulfone groups is 1. The number of ether oxygens (including phenoxy) is 1. The van der Waals surface area contributed by atoms with E-state index in [2.05, 4.69) is 0 Å². The molecule has 9 heteroatoms. The van der Waals surface area contributed by atoms with Gasteiger partial charge in [-0.25, -0.2) is 13.9 Å². The Balaban J connectivity index is 1.77. The number of nitrogens with one attached hydrogen (secondary N) is 1. The fourth-order valence-corrected chi connectivity index (χ4v) is 4.43. The van der Waals surface area contributed by atoms with Crippen LogP contribution in [0.1, 0.15) is 36.2 Å². The Morgan fingerprint density at radius 2 is 1.84 bits per heavy atom. The monoisotopic (exact) mass is 446 g/mol. The molecule has 0 aliphatic carbocycles. The smallest absolute Gasteiger partial charge is 0.264 e. The molecule has 1 atom stereocenters. The van der Waals surface area contributed by atoms with Gasteiger partial charge < -0.3 is 9.64 Å². The Morgan fingerprint density at radius 1 is 1.19 bits per heavy atom. The van der Waals surface area contributed by atoms with Crippen molar-refractivity contribution in [1.82, 2.24) is 10.4 Å². The Morgan fingerprint density at radius 3 is 2.42 bits per heavy atom. The highest BCUT2D eigenvalue weighted by Gasteiger charge is 2.44. The molecule has 31 heavy (non-hydrogen) atoms. The summed E-state index contributed by atoms with van der Waals surface area (Å²) in [4.78, 5) is 26.3. The molecule has 3 rings (SSSR count). The van der Waals surface area contributed by atoms with Crippen molar-refractivity contribution in [2.45, 2.75) is 31.6 Å². The van der Waals surface area contributed by atoms with E-state index in [0.29, 0.717) is 18.7 Å². The van der Waals surface area contributed by atoms with Gasteiger partial charge in [-0.2, -0.15) is 0 Å². The average Bonchev–Trinajstić information content (AvgIpc) is 3.06. The number of carbonyl (C=O) groups is 2. The number of nitrogens with zero attached hydrogens (tertiary/aromatic N) is 1. The lowest BCUT2D eigenvalue weighted by Crippen LogP contribution is -2.50. The van der Waals surface area contributed by atoms with Gasteiger partial charge in [-0.3, -0.25) is 14.8 Å². The minimum atomic E-state index is -3.82. The van der Waals surface area contributed by atoms with Crippen molar-refractivity contribution in [2.24, 2.45) is 0 Å². The first-order valence-electron chi connectivity index (χ1n) is 9.90. The zero-order valence-electron chi connectivity index (χ0n) is 17.7. The second kappa shape index (κ2) is 8.68. The van der Waals surface area contributed by atoms with Crippen LogP contribution >= 0.6 is 0 Å². The van der Waals surface area contributed by atoms with Crippen LogP contribution in [0.2, 0.25) is 0 Å². The van der Waals surface area contributed by atoms with Crippen LogP contribution in [-0.4, -0.2) is 54.5 Å². The molecule has 0 aromatic heterocycles. The zero-order valence-corrected chi connectivity index (χ0v) is 18.5. The van der Waals surface area contributed by atoms with E-state index < -0.39 is 20.5 Å². The third-order valence-electron chi connectivity index (χ3n) is 5.74. The van der Waals surface area contributed by atoms with E-state index in [1.165, 1.54) is 17.3 Å². The Kier molecular flexibility index (Phi) is 6.38. The van der Waals surface area contributed by atoms with Crippen LogP contribution in [0.4, 0.5) is 0 Å². The van der Waals surface area contributed by atoms with Gasteiger partial charge in [-0.1, -0.05) is 18.2 Å². The predicted molar refractivity (Wildman–Crippen MR) is 116 cm³/mol. The summed E-state index contributed by atoms with van der Waals surface area (Å²) in [6, 6.07) is 13.3. The maximum Gasteiger partial charge on any atom is 0.264 e. The maximum atomic E-state index is 12.8. The lowest BCUT2D eigenvalue weighted by Gasteiger charge is -2.27. The molecule has 1 aliphatic heterocycles. The molecule has 166 valence electrons. The second-order valence-electron chi connectivity index (χ2n) is 7.75. The van der Waals surface area contributed by atoms with Crippen LogP contribution in [0.5, 0.6) is 5.75 Å². The molecule has 8 nitrogen and oxygen atoms in total. The lowest BCUT2D eigenvalue weighted by atomic mass is 10.0. The first-order chi connectivity index (χ1) is 14.6. The minimum Gasteiger partial charge on any atom is -0.494 e. The minimum absolute atomic E-state index is 0.0584. The Bertz CT molecular complexity index is 1100. The molecular weight excluding hydrogens is 420 g/mol. The van der Waals surface area contributed by atoms with Gasteiger partial charge in [0, 0.05) is 24.9 Å². The largest absolute Gasteiger partial charge is 0.494 e. The van der Waals surface area contributed by atoms with Crippen LogP contribution in [0.25, 0.3) is 11.1 Å². The number of amides is 2. The summed E-state index contributed by atoms with van der Waals surface area (Å²) in [5.74, 6) is -0.444. The molecule has 1 heterocycles. The summed E-state index contributed by atoms with van der Waals surface area (Å²) in [5, 5.41) is 8.95. The second-order valence-corrected chi connectivity index (χ2v) is 10.2. The number of benzene rings is 2. The molecule has 0 spiro atoms. The van der Waals surface area contributed by atoms with Gasteiger partial charge in [0.25, 0.3) is 11.8 Å². The first-order valence-corrected chi connectivity index (χ1v) is 11.8. The molecule has 0 saturated heterocycles. The molecule has 2 amide bonds. The standard InChI is InChI=1S/C22H26N2O6S/c1-4-30-18-8-5-15(6-9-18)16-7-10-19-17(13-16)14-24(20(19)25)12-11-22(2,21(26)23-27)31(3,28)29/h5-10,13,27H,4,11-12,14H2,1-3H3,(H,23,26). The van der Waals surface area contributed by atoms with Gasteiger partial charge in [0.05, 0.1) is 6.61 Å². The van der Waals surface area contributed by atoms with Crippen molar-refractivity contribution in [3.8, 4) is 16.9 Å². The molecule has 2 aromatic carbocycles. The normalized spacial score (nSPS) is 15.4. The fraction of sp³-hybridized carbons (Fsp3) is 0.364. The summed E-state index contributed by atoms with van der Waals surface area (Å²) in [6.07, 6.45) is 0.801. The number of hydrogen-bond acceptors (Lipinski definition) is 6. The van der Waals surface area contributed by atoms with Crippen molar-refractivity contribution in [2.75, 3.05) is 19.4 Å². The van der Waals surface area contributed by atoms with E-state index >= 15 is 0 Å². The number of carbonyl (C=O) groups excluding carboxylic acids is 2. The van der Waals surface area contributed by atoms with Crippen LogP contribution in [0, 0.1) is 0 Å². The molecule has 0 fully saturated rings. The number of hydroxylamine groups is 1. The molecule has 1 unspecified atom stereocenters. The summed E-state index contributed by atoms with van der Waals surface area (Å²) in [7, 11) is -3.82. The average molecular weight is 447 g/mol. The molecule has 0 bridgehead atoms. The highest BCUT2D eigenvalue weighted by atomic mass is 32.2. The highest BCUT2D eigenvalue weighted by Crippen LogP contribution is 2.31. The highest BCUT2D eigenvalue weighted by molar-refractivity contribution is 7.92. The topological polar surface area (TPSA) is 113 Å². The Hall–Kier alpha value is -2.91. The first kappa shape index (κ1) is 22.8. The summed E-state index contributed by atoms with van der Waals surface area (Å²) in [5.41, 5.74) is 4.76. The number of fused-ring (bicyclic) bond motifs is 1. The lowest BCUT2D eigenvalue weighted by molar-refractivity contribution is -0.131. The Labute approximate surface area is 181 Å². The number of rotatable bonds is 8. The van der Waals surface area contributed by atoms with Gasteiger partial charge in [-0.05, 0) is 61.2 Å². The predicted octanol–water partition coefficient (Wildman–Crippen LogP) is 2.41. The van der Waals surface area contributed by atoms with E-state index in [9.17, 15) is 18.0 Å². The van der Waals surface area contributed by atoms with Crippen molar-refractivity contribution in [3.05, 3.63) is 53.6 Å². The van der Waals surface area contributed by atoms with Gasteiger partial charge in [0.1, 0.15) is 5.75 Å². The van der Waals surface area contributed by atoms with Crippen molar-refractivity contribution in [1.29, 1.82) is 0 Å². The van der Waals surface area contributed by atoms with Gasteiger partial charge in [-0.15, -0.1) is 0 Å². The summed E-state index contributed by atoms with van der Waals surface area (Å²) < 4.78 is 27.9. The van der Waals surface area contributed by atoms with Gasteiger partial charge in [0.2, 0.25) is 0 Å². The van der Waals surface area contributed by atoms with Crippen LogP contribution < -0.4 is 10.2 Å². The molecule has 0 radical (unpaired) electrons. The fourth-order valence-electron chi connectivity index (χ4n) is 3.59. The molecular formula is C22H26N2O6S. The molecule has 0 saturated carbocycles. The van der Waals surface area contributed by atoms with Crippen molar-refractivity contribution in [3.63, 3.8) is 0 Å². The van der Waals surface area contributed by atoms with Crippen LogP contribution in [-0.2, 0) is 21.2 Å². The quantitative estimate of drug-likeness (QED) is 0.476. The van der Waals surface area contributed by atoms with E-state index in [-0.39, 0.29) is 18.9 Å². The van der Waals surface area contributed by atoms with Crippen LogP contribution in [0.3, 0.4) is 0 Å². The SMILES string of the molecule is CCOc1ccc(-c2ccc3c(c2)CN(CCC(C)(C(=O)NO)S(C)(=O)=O)C3=O)cc1. The van der Waals surface area contributed by atoms with E-state index in [1.54, 1.807) is 6.07 Å². The molecule has 2 N–H and O–H groups in total. The zero-order chi connectivity index (χ0) is 22.8. The van der Waals surface area contributed by atoms with Crippen molar-refractivity contribution >= 4 is 21.7 Å². The van der Waals surface area contributed by atoms with Gasteiger partial charge in [0.15, 0.2) is 14.6 Å². The van der Waals surface area contributed by atoms with Crippen LogP contribution in [0.15, 0.2) is 42.5 Å². The summed E-state index contributed by atoms with van der Waals surface area (Å²) in [6.45, 7) is 4.13. The van der Waals surface area contributed by atoms with Crippen molar-refractivity contribution < 1.29 is 28.0 Å². The molecule has 1 aliphatic rings. The summed E-state index contributed by atoms with van der Waals surface area (Å²) >= 11 is 0. The maximum absolute atomic E-state index is 12.8. The van der Waals surface area contributed by atoms with E-state index in [1.807, 2.05) is 43.3 Å². The number of hydrogen-bond donors (Lipinski definition) is 2. The van der Waals surface area contributed by atoms with Gasteiger partial charge >= 0.3 is 0 Å². The third-order valence-corrected chi connectivity index (χ3v) is 7.77.